The number of thiazole rings is 1. The SMILES string of the molecule is CC(=NNc1nc(-c2ccccc2)cs1)c1ccc(N)cc1. The van der Waals surface area contributed by atoms with Crippen LogP contribution in [-0.2, 0) is 0 Å². The number of nitrogens with one attached hydrogen (secondary N) is 1. The number of rotatable bonds is 4. The molecule has 2 aromatic carbocycles. The average molecular weight is 308 g/mol. The number of anilines is 2. The van der Waals surface area contributed by atoms with E-state index in [1.54, 1.807) is 0 Å². The molecule has 0 spiro atoms. The molecule has 1 heterocycles. The van der Waals surface area contributed by atoms with Crippen LogP contribution < -0.4 is 11.2 Å². The maximum absolute atomic E-state index is 5.69. The largest absolute Gasteiger partial charge is 0.399 e. The smallest absolute Gasteiger partial charge is 0.203 e. The van der Waals surface area contributed by atoms with Gasteiger partial charge in [-0.15, -0.1) is 11.3 Å². The molecule has 5 heteroatoms. The van der Waals surface area contributed by atoms with Gasteiger partial charge in [0.15, 0.2) is 0 Å². The Hall–Kier alpha value is -2.66. The fraction of sp³-hybridized carbons (Fsp3) is 0.0588. The highest BCUT2D eigenvalue weighted by Crippen LogP contribution is 2.24. The zero-order valence-electron chi connectivity index (χ0n) is 12.2. The zero-order valence-corrected chi connectivity index (χ0v) is 13.0. The van der Waals surface area contributed by atoms with Crippen molar-refractivity contribution in [3.05, 3.63) is 65.5 Å². The van der Waals surface area contributed by atoms with Crippen LogP contribution in [0.15, 0.2) is 65.1 Å². The molecule has 0 aliphatic rings. The monoisotopic (exact) mass is 308 g/mol. The summed E-state index contributed by atoms with van der Waals surface area (Å²) in [6.07, 6.45) is 0. The molecule has 0 aliphatic heterocycles. The number of nitrogens with two attached hydrogens (primary N) is 1. The summed E-state index contributed by atoms with van der Waals surface area (Å²) in [5.74, 6) is 0. The van der Waals surface area contributed by atoms with Gasteiger partial charge in [0, 0.05) is 16.6 Å². The van der Waals surface area contributed by atoms with E-state index in [1.165, 1.54) is 11.3 Å². The summed E-state index contributed by atoms with van der Waals surface area (Å²) in [5.41, 5.74) is 13.4. The second kappa shape index (κ2) is 6.41. The van der Waals surface area contributed by atoms with Crippen LogP contribution in [0, 0.1) is 0 Å². The summed E-state index contributed by atoms with van der Waals surface area (Å²) in [6, 6.07) is 17.7. The van der Waals surface area contributed by atoms with Gasteiger partial charge in [-0.05, 0) is 24.6 Å². The molecule has 3 rings (SSSR count). The molecule has 22 heavy (non-hydrogen) atoms. The molecule has 3 N–H and O–H groups in total. The van der Waals surface area contributed by atoms with Gasteiger partial charge in [0.1, 0.15) is 0 Å². The first-order valence-electron chi connectivity index (χ1n) is 6.89. The summed E-state index contributed by atoms with van der Waals surface area (Å²) in [6.45, 7) is 1.95. The average Bonchev–Trinajstić information content (AvgIpc) is 3.03. The summed E-state index contributed by atoms with van der Waals surface area (Å²) in [5, 5.41) is 7.17. The molecule has 0 saturated heterocycles. The van der Waals surface area contributed by atoms with Crippen molar-refractivity contribution in [2.24, 2.45) is 5.10 Å². The molecule has 0 aliphatic carbocycles. The van der Waals surface area contributed by atoms with Gasteiger partial charge in [0.05, 0.1) is 11.4 Å². The number of benzene rings is 2. The highest BCUT2D eigenvalue weighted by Gasteiger charge is 2.03. The minimum Gasteiger partial charge on any atom is -0.399 e. The topological polar surface area (TPSA) is 63.3 Å². The Morgan fingerprint density at radius 3 is 2.55 bits per heavy atom. The maximum Gasteiger partial charge on any atom is 0.203 e. The summed E-state index contributed by atoms with van der Waals surface area (Å²) < 4.78 is 0. The minimum atomic E-state index is 0.747. The maximum atomic E-state index is 5.69. The van der Waals surface area contributed by atoms with Crippen LogP contribution in [0.3, 0.4) is 0 Å². The number of aromatic nitrogens is 1. The summed E-state index contributed by atoms with van der Waals surface area (Å²) >= 11 is 1.53. The number of nitrogen functional groups attached to an aromatic ring is 1. The summed E-state index contributed by atoms with van der Waals surface area (Å²) in [4.78, 5) is 4.54. The molecule has 0 unspecified atom stereocenters. The first-order chi connectivity index (χ1) is 10.7. The van der Waals surface area contributed by atoms with E-state index in [1.807, 2.05) is 66.9 Å². The van der Waals surface area contributed by atoms with Gasteiger partial charge >= 0.3 is 0 Å². The molecule has 110 valence electrons. The molecule has 0 radical (unpaired) electrons. The Morgan fingerprint density at radius 1 is 1.09 bits per heavy atom. The lowest BCUT2D eigenvalue weighted by Gasteiger charge is -2.01. The zero-order chi connectivity index (χ0) is 15.4. The quantitative estimate of drug-likeness (QED) is 0.431. The van der Waals surface area contributed by atoms with Gasteiger partial charge in [0.25, 0.3) is 0 Å². The third kappa shape index (κ3) is 3.32. The Balaban J connectivity index is 1.73. The van der Waals surface area contributed by atoms with Crippen molar-refractivity contribution in [2.45, 2.75) is 6.92 Å². The molecule has 3 aromatic rings. The van der Waals surface area contributed by atoms with Crippen molar-refractivity contribution < 1.29 is 0 Å². The van der Waals surface area contributed by atoms with Gasteiger partial charge in [-0.1, -0.05) is 42.5 Å². The van der Waals surface area contributed by atoms with E-state index in [2.05, 4.69) is 15.5 Å². The van der Waals surface area contributed by atoms with E-state index in [9.17, 15) is 0 Å². The molecule has 0 amide bonds. The van der Waals surface area contributed by atoms with Crippen LogP contribution in [0.2, 0.25) is 0 Å². The normalized spacial score (nSPS) is 11.4. The summed E-state index contributed by atoms with van der Waals surface area (Å²) in [7, 11) is 0. The van der Waals surface area contributed by atoms with Crippen molar-refractivity contribution in [1.82, 2.24) is 4.98 Å². The fourth-order valence-corrected chi connectivity index (χ4v) is 2.65. The van der Waals surface area contributed by atoms with Gasteiger partial charge in [-0.2, -0.15) is 5.10 Å². The number of hydrogen-bond acceptors (Lipinski definition) is 5. The first-order valence-corrected chi connectivity index (χ1v) is 7.77. The van der Waals surface area contributed by atoms with E-state index < -0.39 is 0 Å². The van der Waals surface area contributed by atoms with Gasteiger partial charge < -0.3 is 5.73 Å². The van der Waals surface area contributed by atoms with Crippen molar-refractivity contribution in [1.29, 1.82) is 0 Å². The highest BCUT2D eigenvalue weighted by atomic mass is 32.1. The van der Waals surface area contributed by atoms with E-state index in [0.717, 1.165) is 33.4 Å². The third-order valence-electron chi connectivity index (χ3n) is 3.22. The highest BCUT2D eigenvalue weighted by molar-refractivity contribution is 7.14. The van der Waals surface area contributed by atoms with Crippen molar-refractivity contribution in [2.75, 3.05) is 11.2 Å². The molecule has 0 atom stereocenters. The lowest BCUT2D eigenvalue weighted by Crippen LogP contribution is -1.99. The molecule has 4 nitrogen and oxygen atoms in total. The van der Waals surface area contributed by atoms with E-state index in [-0.39, 0.29) is 0 Å². The van der Waals surface area contributed by atoms with Crippen molar-refractivity contribution in [3.8, 4) is 11.3 Å². The molecular weight excluding hydrogens is 292 g/mol. The van der Waals surface area contributed by atoms with Crippen LogP contribution in [-0.4, -0.2) is 10.7 Å². The molecule has 0 saturated carbocycles. The lowest BCUT2D eigenvalue weighted by molar-refractivity contribution is 1.27. The Kier molecular flexibility index (Phi) is 4.16. The predicted octanol–water partition coefficient (Wildman–Crippen LogP) is 4.23. The van der Waals surface area contributed by atoms with Crippen LogP contribution in [0.1, 0.15) is 12.5 Å². The van der Waals surface area contributed by atoms with Crippen molar-refractivity contribution in [3.63, 3.8) is 0 Å². The number of hydrogen-bond donors (Lipinski definition) is 2. The lowest BCUT2D eigenvalue weighted by atomic mass is 10.1. The first kappa shape index (κ1) is 14.3. The van der Waals surface area contributed by atoms with Gasteiger partial charge in [-0.3, -0.25) is 5.43 Å². The Morgan fingerprint density at radius 2 is 1.82 bits per heavy atom. The van der Waals surface area contributed by atoms with E-state index >= 15 is 0 Å². The van der Waals surface area contributed by atoms with Crippen LogP contribution in [0.4, 0.5) is 10.8 Å². The second-order valence-electron chi connectivity index (χ2n) is 4.83. The molecular formula is C17H16N4S. The standard InChI is InChI=1S/C17H16N4S/c1-12(13-7-9-15(18)10-8-13)20-21-17-19-16(11-22-17)14-5-3-2-4-6-14/h2-11H,18H2,1H3,(H,19,21). The molecule has 0 fully saturated rings. The number of nitrogens with zero attached hydrogens (tertiary/aromatic N) is 2. The fourth-order valence-electron chi connectivity index (χ4n) is 1.99. The minimum absolute atomic E-state index is 0.747. The van der Waals surface area contributed by atoms with Crippen LogP contribution in [0.25, 0.3) is 11.3 Å². The van der Waals surface area contributed by atoms with E-state index in [0.29, 0.717) is 0 Å². The van der Waals surface area contributed by atoms with E-state index in [4.69, 9.17) is 5.73 Å². The van der Waals surface area contributed by atoms with Crippen LogP contribution in [0.5, 0.6) is 0 Å². The molecule has 1 aromatic heterocycles. The third-order valence-corrected chi connectivity index (χ3v) is 3.97. The Labute approximate surface area is 133 Å². The number of hydrazone groups is 1. The molecule has 0 bridgehead atoms. The second-order valence-corrected chi connectivity index (χ2v) is 5.69. The Bertz CT molecular complexity index is 776. The van der Waals surface area contributed by atoms with Crippen LogP contribution >= 0.6 is 11.3 Å². The van der Waals surface area contributed by atoms with Crippen molar-refractivity contribution >= 4 is 27.9 Å². The predicted molar refractivity (Wildman–Crippen MR) is 94.2 cm³/mol. The van der Waals surface area contributed by atoms with Gasteiger partial charge in [0.2, 0.25) is 5.13 Å². The van der Waals surface area contributed by atoms with Gasteiger partial charge in [-0.25, -0.2) is 4.98 Å².